The third kappa shape index (κ3) is 4.21. The molecule has 0 fully saturated rings. The molecule has 1 amide bonds. The van der Waals surface area contributed by atoms with E-state index in [0.29, 0.717) is 13.0 Å². The summed E-state index contributed by atoms with van der Waals surface area (Å²) in [5.74, 6) is -1.20. The van der Waals surface area contributed by atoms with E-state index in [9.17, 15) is 9.59 Å². The summed E-state index contributed by atoms with van der Waals surface area (Å²) in [4.78, 5) is 22.5. The molecule has 0 aliphatic rings. The van der Waals surface area contributed by atoms with Gasteiger partial charge in [0.15, 0.2) is 0 Å². The molecular weight excluding hydrogens is 238 g/mol. The molecule has 1 aromatic heterocycles. The third-order valence-electron chi connectivity index (χ3n) is 2.43. The molecule has 0 aromatic carbocycles. The Morgan fingerprint density at radius 3 is 2.89 bits per heavy atom. The van der Waals surface area contributed by atoms with Gasteiger partial charge in [0.25, 0.3) is 5.91 Å². The first-order chi connectivity index (χ1) is 8.54. The molecular formula is C12H17NO5. The zero-order valence-electron chi connectivity index (χ0n) is 10.4. The Labute approximate surface area is 105 Å². The highest BCUT2D eigenvalue weighted by atomic mass is 16.5. The molecule has 0 saturated carbocycles. The van der Waals surface area contributed by atoms with Crippen molar-refractivity contribution in [2.24, 2.45) is 0 Å². The number of hydrogen-bond donors (Lipinski definition) is 2. The van der Waals surface area contributed by atoms with Crippen molar-refractivity contribution < 1.29 is 23.8 Å². The molecule has 6 nitrogen and oxygen atoms in total. The Morgan fingerprint density at radius 2 is 2.28 bits per heavy atom. The monoisotopic (exact) mass is 255 g/mol. The highest BCUT2D eigenvalue weighted by Gasteiger charge is 2.18. The van der Waals surface area contributed by atoms with Gasteiger partial charge in [-0.2, -0.15) is 0 Å². The first kappa shape index (κ1) is 14.2. The second kappa shape index (κ2) is 6.80. The highest BCUT2D eigenvalue weighted by Crippen LogP contribution is 2.11. The van der Waals surface area contributed by atoms with Crippen LogP contribution in [0, 0.1) is 0 Å². The Balaban J connectivity index is 2.61. The zero-order chi connectivity index (χ0) is 13.5. The molecule has 1 heterocycles. The molecule has 0 saturated heterocycles. The maximum Gasteiger partial charge on any atom is 0.311 e. The van der Waals surface area contributed by atoms with Gasteiger partial charge in [0, 0.05) is 19.8 Å². The summed E-state index contributed by atoms with van der Waals surface area (Å²) in [6.45, 7) is 2.41. The number of nitrogens with one attached hydrogen (secondary N) is 1. The number of carbonyl (C=O) groups excluding carboxylic acids is 1. The van der Waals surface area contributed by atoms with Crippen LogP contribution in [-0.2, 0) is 16.0 Å². The van der Waals surface area contributed by atoms with Crippen LogP contribution < -0.4 is 5.32 Å². The Morgan fingerprint density at radius 1 is 1.56 bits per heavy atom. The quantitative estimate of drug-likeness (QED) is 0.760. The minimum Gasteiger partial charge on any atom is -0.481 e. The summed E-state index contributed by atoms with van der Waals surface area (Å²) in [6, 6.07) is 1.42. The van der Waals surface area contributed by atoms with Gasteiger partial charge in [0.1, 0.15) is 12.2 Å². The van der Waals surface area contributed by atoms with Crippen molar-refractivity contribution in [2.45, 2.75) is 25.8 Å². The molecule has 1 aromatic rings. The van der Waals surface area contributed by atoms with Crippen LogP contribution in [0.5, 0.6) is 0 Å². The molecule has 0 bridgehead atoms. The minimum absolute atomic E-state index is 0.0509. The number of rotatable bonds is 7. The van der Waals surface area contributed by atoms with E-state index in [1.165, 1.54) is 12.3 Å². The number of ether oxygens (including phenoxy) is 1. The maximum atomic E-state index is 11.9. The first-order valence-corrected chi connectivity index (χ1v) is 5.62. The number of aliphatic carboxylic acids is 1. The van der Waals surface area contributed by atoms with Crippen molar-refractivity contribution >= 4 is 11.9 Å². The van der Waals surface area contributed by atoms with Gasteiger partial charge in [0.05, 0.1) is 11.8 Å². The van der Waals surface area contributed by atoms with Crippen molar-refractivity contribution in [3.05, 3.63) is 23.7 Å². The molecule has 6 heteroatoms. The van der Waals surface area contributed by atoms with Crippen molar-refractivity contribution in [3.8, 4) is 0 Å². The van der Waals surface area contributed by atoms with Crippen LogP contribution >= 0.6 is 0 Å². The van der Waals surface area contributed by atoms with E-state index in [1.807, 2.05) is 6.92 Å². The molecule has 0 radical (unpaired) electrons. The first-order valence-electron chi connectivity index (χ1n) is 5.62. The smallest absolute Gasteiger partial charge is 0.311 e. The van der Waals surface area contributed by atoms with E-state index in [-0.39, 0.29) is 29.7 Å². The standard InChI is InChI=1S/C12H17NO5/c1-8(3-5-17-2)13-12(16)9-4-6-18-10(9)7-11(14)15/h4,6,8H,3,5,7H2,1-2H3,(H,13,16)(H,14,15). The van der Waals surface area contributed by atoms with Gasteiger partial charge in [-0.05, 0) is 19.4 Å². The number of hydrogen-bond acceptors (Lipinski definition) is 4. The summed E-state index contributed by atoms with van der Waals surface area (Å²) < 4.78 is 9.91. The number of furan rings is 1. The van der Waals surface area contributed by atoms with E-state index in [2.05, 4.69) is 5.32 Å². The average Bonchev–Trinajstić information content (AvgIpc) is 2.73. The molecule has 2 N–H and O–H groups in total. The third-order valence-corrected chi connectivity index (χ3v) is 2.43. The normalized spacial score (nSPS) is 12.1. The Bertz CT molecular complexity index is 412. The van der Waals surface area contributed by atoms with Crippen LogP contribution in [0.1, 0.15) is 29.5 Å². The molecule has 1 unspecified atom stereocenters. The SMILES string of the molecule is COCCC(C)NC(=O)c1ccoc1CC(=O)O. The number of carbonyl (C=O) groups is 2. The zero-order valence-corrected chi connectivity index (χ0v) is 10.4. The fraction of sp³-hybridized carbons (Fsp3) is 0.500. The fourth-order valence-corrected chi connectivity index (χ4v) is 1.49. The van der Waals surface area contributed by atoms with Crippen LogP contribution in [0.2, 0.25) is 0 Å². The highest BCUT2D eigenvalue weighted by molar-refractivity contribution is 5.96. The van der Waals surface area contributed by atoms with Crippen LogP contribution in [0.4, 0.5) is 0 Å². The predicted molar refractivity (Wildman–Crippen MR) is 63.5 cm³/mol. The molecule has 0 aliphatic carbocycles. The lowest BCUT2D eigenvalue weighted by molar-refractivity contribution is -0.136. The van der Waals surface area contributed by atoms with Crippen LogP contribution in [0.15, 0.2) is 16.7 Å². The van der Waals surface area contributed by atoms with Crippen LogP contribution in [0.3, 0.4) is 0 Å². The number of methoxy groups -OCH3 is 1. The van der Waals surface area contributed by atoms with E-state index in [0.717, 1.165) is 0 Å². The van der Waals surface area contributed by atoms with E-state index < -0.39 is 5.97 Å². The van der Waals surface area contributed by atoms with Gasteiger partial charge in [0.2, 0.25) is 0 Å². The maximum absolute atomic E-state index is 11.9. The van der Waals surface area contributed by atoms with Crippen molar-refractivity contribution in [2.75, 3.05) is 13.7 Å². The molecule has 1 atom stereocenters. The second-order valence-corrected chi connectivity index (χ2v) is 3.98. The molecule has 0 aliphatic heterocycles. The molecule has 18 heavy (non-hydrogen) atoms. The number of carboxylic acids is 1. The van der Waals surface area contributed by atoms with Crippen molar-refractivity contribution in [1.82, 2.24) is 5.32 Å². The number of carboxylic acid groups (broad SMARTS) is 1. The number of amides is 1. The van der Waals surface area contributed by atoms with Gasteiger partial charge in [-0.25, -0.2) is 0 Å². The van der Waals surface area contributed by atoms with Crippen molar-refractivity contribution in [3.63, 3.8) is 0 Å². The average molecular weight is 255 g/mol. The lowest BCUT2D eigenvalue weighted by Crippen LogP contribution is -2.33. The van der Waals surface area contributed by atoms with E-state index >= 15 is 0 Å². The lowest BCUT2D eigenvalue weighted by atomic mass is 10.1. The lowest BCUT2D eigenvalue weighted by Gasteiger charge is -2.12. The topological polar surface area (TPSA) is 88.8 Å². The van der Waals surface area contributed by atoms with Gasteiger partial charge in [-0.1, -0.05) is 0 Å². The van der Waals surface area contributed by atoms with E-state index in [1.54, 1.807) is 7.11 Å². The molecule has 1 rings (SSSR count). The van der Waals surface area contributed by atoms with Crippen molar-refractivity contribution in [1.29, 1.82) is 0 Å². The second-order valence-electron chi connectivity index (χ2n) is 3.98. The van der Waals surface area contributed by atoms with Gasteiger partial charge in [-0.3, -0.25) is 9.59 Å². The summed E-state index contributed by atoms with van der Waals surface area (Å²) in [7, 11) is 1.59. The summed E-state index contributed by atoms with van der Waals surface area (Å²) in [5, 5.41) is 11.4. The summed E-state index contributed by atoms with van der Waals surface area (Å²) in [5.41, 5.74) is 0.265. The molecule has 0 spiro atoms. The predicted octanol–water partition coefficient (Wildman–Crippen LogP) is 1.06. The minimum atomic E-state index is -1.04. The van der Waals surface area contributed by atoms with Gasteiger partial charge in [-0.15, -0.1) is 0 Å². The summed E-state index contributed by atoms with van der Waals surface area (Å²) >= 11 is 0. The Hall–Kier alpha value is -1.82. The van der Waals surface area contributed by atoms with Gasteiger partial charge < -0.3 is 19.6 Å². The van der Waals surface area contributed by atoms with Crippen LogP contribution in [0.25, 0.3) is 0 Å². The Kier molecular flexibility index (Phi) is 5.38. The van der Waals surface area contributed by atoms with Crippen LogP contribution in [-0.4, -0.2) is 36.7 Å². The summed E-state index contributed by atoms with van der Waals surface area (Å²) in [6.07, 6.45) is 1.70. The molecule has 100 valence electrons. The van der Waals surface area contributed by atoms with Gasteiger partial charge >= 0.3 is 5.97 Å². The largest absolute Gasteiger partial charge is 0.481 e. The fourth-order valence-electron chi connectivity index (χ4n) is 1.49. The van der Waals surface area contributed by atoms with E-state index in [4.69, 9.17) is 14.3 Å².